The van der Waals surface area contributed by atoms with Crippen LogP contribution in [0, 0.1) is 5.41 Å². The summed E-state index contributed by atoms with van der Waals surface area (Å²) < 4.78 is 26.4. The molecule has 0 amide bonds. The molecule has 0 bridgehead atoms. The van der Waals surface area contributed by atoms with E-state index in [2.05, 4.69) is 82.0 Å². The molecule has 0 N–H and O–H groups in total. The van der Waals surface area contributed by atoms with Crippen molar-refractivity contribution < 1.29 is 18.6 Å². The van der Waals surface area contributed by atoms with Crippen LogP contribution in [0.3, 0.4) is 0 Å². The van der Waals surface area contributed by atoms with Crippen LogP contribution in [0.25, 0.3) is 0 Å². The second kappa shape index (κ2) is 9.16. The summed E-state index contributed by atoms with van der Waals surface area (Å²) in [5.41, 5.74) is 2.05. The van der Waals surface area contributed by atoms with Crippen LogP contribution in [0.5, 0.6) is 0 Å². The Bertz CT molecular complexity index is 837. The van der Waals surface area contributed by atoms with Gasteiger partial charge in [0.1, 0.15) is 12.2 Å². The predicted octanol–water partition coefficient (Wildman–Crippen LogP) is 5.92. The van der Waals surface area contributed by atoms with Crippen molar-refractivity contribution in [1.29, 1.82) is 0 Å². The summed E-state index contributed by atoms with van der Waals surface area (Å²) in [5, 5.41) is 0. The third kappa shape index (κ3) is 5.12. The molecule has 168 valence electrons. The van der Waals surface area contributed by atoms with E-state index in [1.807, 2.05) is 12.1 Å². The highest BCUT2D eigenvalue weighted by molar-refractivity contribution is 6.69. The number of hydrogen-bond donors (Lipinski definition) is 0. The second-order valence-electron chi connectivity index (χ2n) is 10.2. The maximum absolute atomic E-state index is 6.93. The Kier molecular flexibility index (Phi) is 6.70. The third-order valence-electron chi connectivity index (χ3n) is 6.42. The Labute approximate surface area is 188 Å². The average molecular weight is 441 g/mol. The molecule has 2 aromatic carbocycles. The summed E-state index contributed by atoms with van der Waals surface area (Å²) in [6.07, 6.45) is 0.413. The van der Waals surface area contributed by atoms with Gasteiger partial charge < -0.3 is 18.6 Å². The topological polar surface area (TPSA) is 36.9 Å². The summed E-state index contributed by atoms with van der Waals surface area (Å²) in [5.74, 6) is 0. The van der Waals surface area contributed by atoms with E-state index >= 15 is 0 Å². The lowest BCUT2D eigenvalue weighted by atomic mass is 9.79. The second-order valence-corrected chi connectivity index (χ2v) is 14.7. The minimum absolute atomic E-state index is 0.0255. The summed E-state index contributed by atoms with van der Waals surface area (Å²) in [6, 6.07) is 20.9. The molecule has 2 aromatic rings. The molecule has 0 aliphatic carbocycles. The molecule has 31 heavy (non-hydrogen) atoms. The quantitative estimate of drug-likeness (QED) is 0.553. The first-order valence-electron chi connectivity index (χ1n) is 11.4. The lowest BCUT2D eigenvalue weighted by molar-refractivity contribution is -0.133. The van der Waals surface area contributed by atoms with E-state index in [0.29, 0.717) is 13.2 Å². The number of rotatable bonds is 4. The van der Waals surface area contributed by atoms with Crippen LogP contribution in [0.15, 0.2) is 60.7 Å². The fourth-order valence-corrected chi connectivity index (χ4v) is 5.98. The van der Waals surface area contributed by atoms with Crippen molar-refractivity contribution >= 4 is 8.32 Å². The molecule has 4 nitrogen and oxygen atoms in total. The normalized spacial score (nSPS) is 34.4. The minimum atomic E-state index is -1.76. The summed E-state index contributed by atoms with van der Waals surface area (Å²) >= 11 is 0. The monoisotopic (exact) mass is 440 g/mol. The maximum Gasteiger partial charge on any atom is 0.184 e. The molecule has 6 atom stereocenters. The van der Waals surface area contributed by atoms with E-state index in [4.69, 9.17) is 18.6 Å². The van der Waals surface area contributed by atoms with Gasteiger partial charge >= 0.3 is 0 Å². The maximum atomic E-state index is 6.93. The van der Waals surface area contributed by atoms with E-state index < -0.39 is 8.32 Å². The van der Waals surface area contributed by atoms with Gasteiger partial charge in [-0.1, -0.05) is 67.6 Å². The van der Waals surface area contributed by atoms with E-state index in [1.54, 1.807) is 0 Å². The van der Waals surface area contributed by atoms with Crippen LogP contribution in [0.2, 0.25) is 19.6 Å². The number of fused-ring (bicyclic) bond motifs is 1. The van der Waals surface area contributed by atoms with Crippen molar-refractivity contribution in [1.82, 2.24) is 0 Å². The number of benzene rings is 2. The number of hydrogen-bond acceptors (Lipinski definition) is 4. The van der Waals surface area contributed by atoms with Gasteiger partial charge in [-0.15, -0.1) is 0 Å². The first kappa shape index (κ1) is 22.7. The van der Waals surface area contributed by atoms with Crippen molar-refractivity contribution in [3.63, 3.8) is 0 Å². The molecule has 2 aliphatic heterocycles. The molecule has 4 rings (SSSR count). The van der Waals surface area contributed by atoms with Gasteiger partial charge in [-0.25, -0.2) is 0 Å². The lowest BCUT2D eigenvalue weighted by Gasteiger charge is -2.41. The van der Waals surface area contributed by atoms with Gasteiger partial charge in [-0.2, -0.15) is 0 Å². The largest absolute Gasteiger partial charge is 0.414 e. The third-order valence-corrected chi connectivity index (χ3v) is 7.41. The van der Waals surface area contributed by atoms with Crippen molar-refractivity contribution in [2.24, 2.45) is 5.41 Å². The van der Waals surface area contributed by atoms with Crippen LogP contribution >= 0.6 is 0 Å². The fourth-order valence-electron chi connectivity index (χ4n) is 4.76. The van der Waals surface area contributed by atoms with Gasteiger partial charge in [0.05, 0.1) is 31.5 Å². The fraction of sp³-hybridized carbons (Fsp3) is 0.538. The Hall–Kier alpha value is -1.50. The average Bonchev–Trinajstić information content (AvgIpc) is 3.12. The highest BCUT2D eigenvalue weighted by atomic mass is 28.4. The van der Waals surface area contributed by atoms with Gasteiger partial charge in [0.2, 0.25) is 0 Å². The SMILES string of the molecule is C[C@@H]1CC(O[Si](C)(C)C)[C@@]2(C)COCC2O[C@H](c2ccccc2)[C@@H](c2ccccc2)O1. The molecular formula is C26H36O4Si. The first-order valence-corrected chi connectivity index (χ1v) is 14.8. The van der Waals surface area contributed by atoms with E-state index in [-0.39, 0.29) is 35.9 Å². The van der Waals surface area contributed by atoms with Crippen LogP contribution in [-0.4, -0.2) is 39.8 Å². The molecule has 2 unspecified atom stereocenters. The summed E-state index contributed by atoms with van der Waals surface area (Å²) in [4.78, 5) is 0. The highest BCUT2D eigenvalue weighted by Crippen LogP contribution is 2.47. The van der Waals surface area contributed by atoms with Crippen LogP contribution < -0.4 is 0 Å². The van der Waals surface area contributed by atoms with Crippen molar-refractivity contribution in [2.75, 3.05) is 13.2 Å². The van der Waals surface area contributed by atoms with E-state index in [1.165, 1.54) is 0 Å². The molecule has 5 heteroatoms. The Morgan fingerprint density at radius 1 is 0.871 bits per heavy atom. The van der Waals surface area contributed by atoms with Crippen LogP contribution in [-0.2, 0) is 18.6 Å². The molecule has 0 radical (unpaired) electrons. The highest BCUT2D eigenvalue weighted by Gasteiger charge is 2.51. The molecule has 2 saturated heterocycles. The van der Waals surface area contributed by atoms with Gasteiger partial charge in [0.15, 0.2) is 8.32 Å². The van der Waals surface area contributed by atoms with Gasteiger partial charge in [-0.3, -0.25) is 0 Å². The van der Waals surface area contributed by atoms with E-state index in [0.717, 1.165) is 17.5 Å². The zero-order chi connectivity index (χ0) is 22.1. The molecule has 0 aromatic heterocycles. The first-order chi connectivity index (χ1) is 14.8. The molecule has 2 aliphatic rings. The molecular weight excluding hydrogens is 404 g/mol. The minimum Gasteiger partial charge on any atom is -0.414 e. The number of ether oxygens (including phenoxy) is 3. The predicted molar refractivity (Wildman–Crippen MR) is 126 cm³/mol. The van der Waals surface area contributed by atoms with Crippen molar-refractivity contribution in [3.8, 4) is 0 Å². The lowest BCUT2D eigenvalue weighted by Crippen LogP contribution is -2.49. The molecule has 0 saturated carbocycles. The van der Waals surface area contributed by atoms with Gasteiger partial charge in [0.25, 0.3) is 0 Å². The molecule has 0 spiro atoms. The Morgan fingerprint density at radius 2 is 1.42 bits per heavy atom. The van der Waals surface area contributed by atoms with Crippen molar-refractivity contribution in [3.05, 3.63) is 71.8 Å². The smallest absolute Gasteiger partial charge is 0.184 e. The summed E-state index contributed by atoms with van der Waals surface area (Å²) in [7, 11) is -1.76. The van der Waals surface area contributed by atoms with Gasteiger partial charge in [0, 0.05) is 5.41 Å². The summed E-state index contributed by atoms with van der Waals surface area (Å²) in [6.45, 7) is 12.4. The zero-order valence-electron chi connectivity index (χ0n) is 19.4. The van der Waals surface area contributed by atoms with Crippen LogP contribution in [0.1, 0.15) is 43.6 Å². The van der Waals surface area contributed by atoms with Crippen LogP contribution in [0.4, 0.5) is 0 Å². The zero-order valence-corrected chi connectivity index (χ0v) is 20.4. The standard InChI is InChI=1S/C26H36O4Si/c1-19-16-22(30-31(3,4)5)26(2)18-27-17-23(26)29-25(21-14-10-7-11-15-21)24(28-19)20-12-8-6-9-13-20/h6-15,19,22-25H,16-18H2,1-5H3/t19-,22?,23?,24-,25-,26-/m1/s1. The van der Waals surface area contributed by atoms with E-state index in [9.17, 15) is 0 Å². The molecule has 2 fully saturated rings. The molecule has 2 heterocycles. The Balaban J connectivity index is 1.77. The Morgan fingerprint density at radius 3 is 1.97 bits per heavy atom. The van der Waals surface area contributed by atoms with Gasteiger partial charge in [-0.05, 0) is 44.1 Å². The van der Waals surface area contributed by atoms with Crippen molar-refractivity contribution in [2.45, 2.75) is 70.4 Å².